The third-order valence-electron chi connectivity index (χ3n) is 8.49. The van der Waals surface area contributed by atoms with E-state index in [-0.39, 0.29) is 23.9 Å². The number of amides is 2. The second kappa shape index (κ2) is 13.1. The fourth-order valence-electron chi connectivity index (χ4n) is 5.89. The minimum Gasteiger partial charge on any atom is -0.354 e. The summed E-state index contributed by atoms with van der Waals surface area (Å²) < 4.78 is 2.08. The van der Waals surface area contributed by atoms with Crippen molar-refractivity contribution in [3.8, 4) is 0 Å². The molecule has 0 bridgehead atoms. The van der Waals surface area contributed by atoms with Gasteiger partial charge in [0.15, 0.2) is 0 Å². The third kappa shape index (κ3) is 6.23. The first-order valence-electron chi connectivity index (χ1n) is 14.4. The summed E-state index contributed by atoms with van der Waals surface area (Å²) in [4.78, 5) is 31.5. The second-order valence-corrected chi connectivity index (χ2v) is 11.1. The van der Waals surface area contributed by atoms with Crippen LogP contribution in [0.3, 0.4) is 0 Å². The van der Waals surface area contributed by atoms with Crippen LogP contribution in [-0.4, -0.2) is 52.4 Å². The van der Waals surface area contributed by atoms with Gasteiger partial charge in [-0.1, -0.05) is 61.5 Å². The van der Waals surface area contributed by atoms with Gasteiger partial charge in [0.1, 0.15) is 0 Å². The van der Waals surface area contributed by atoms with Crippen LogP contribution in [0.4, 0.5) is 0 Å². The maximum atomic E-state index is 14.0. The van der Waals surface area contributed by atoms with E-state index in [0.717, 1.165) is 61.3 Å². The Kier molecular flexibility index (Phi) is 9.64. The summed E-state index contributed by atoms with van der Waals surface area (Å²) in [6.07, 6.45) is 6.89. The Morgan fingerprint density at radius 3 is 2.23 bits per heavy atom. The van der Waals surface area contributed by atoms with E-state index in [2.05, 4.69) is 72.6 Å². The van der Waals surface area contributed by atoms with E-state index in [1.165, 1.54) is 5.56 Å². The first kappa shape index (κ1) is 29.3. The van der Waals surface area contributed by atoms with Gasteiger partial charge in [-0.05, 0) is 61.4 Å². The molecule has 2 aliphatic rings. The van der Waals surface area contributed by atoms with Crippen molar-refractivity contribution in [1.29, 1.82) is 0 Å². The Bertz CT molecular complexity index is 1320. The highest BCUT2D eigenvalue weighted by atomic mass is 16.2. The van der Waals surface area contributed by atoms with Crippen LogP contribution in [0.5, 0.6) is 0 Å². The van der Waals surface area contributed by atoms with Crippen molar-refractivity contribution in [2.45, 2.75) is 64.6 Å². The number of likely N-dealkylation sites (tertiary alicyclic amines) is 1. The highest BCUT2D eigenvalue weighted by molar-refractivity contribution is 6.01. The average Bonchev–Trinajstić information content (AvgIpc) is 3.23. The molecule has 1 aromatic heterocycles. The van der Waals surface area contributed by atoms with E-state index in [1.807, 2.05) is 50.5 Å². The van der Waals surface area contributed by atoms with Crippen LogP contribution in [0, 0.1) is 13.8 Å². The number of hydrogen-bond donors (Lipinski definition) is 1. The molecule has 0 radical (unpaired) electrons. The fraction of sp³-hybridized carbons (Fsp3) is 0.412. The molecule has 2 aromatic carbocycles. The summed E-state index contributed by atoms with van der Waals surface area (Å²) in [5, 5.41) is 3.38. The lowest BCUT2D eigenvalue weighted by Crippen LogP contribution is -2.50. The number of allylic oxidation sites excluding steroid dienone is 1. The summed E-state index contributed by atoms with van der Waals surface area (Å²) in [5.41, 5.74) is 6.09. The SMILES string of the molecule is C=CCC.Cc1c(C2C(C(=O)NC3CCN(Cc4ccccc4)CC3)c3ccccc3C(=O)N2C)cn(C)c1C. The molecule has 212 valence electrons. The summed E-state index contributed by atoms with van der Waals surface area (Å²) in [6.45, 7) is 12.6. The lowest BCUT2D eigenvalue weighted by molar-refractivity contribution is -0.125. The molecule has 3 aromatic rings. The molecule has 0 aliphatic carbocycles. The number of hydrogen-bond acceptors (Lipinski definition) is 3. The molecule has 6 nitrogen and oxygen atoms in total. The number of carbonyl (C=O) groups excluding carboxylic acids is 2. The Labute approximate surface area is 239 Å². The number of nitrogens with one attached hydrogen (secondary N) is 1. The number of nitrogens with zero attached hydrogens (tertiary/aromatic N) is 3. The van der Waals surface area contributed by atoms with Crippen molar-refractivity contribution in [3.05, 3.63) is 107 Å². The molecule has 6 heteroatoms. The molecule has 2 unspecified atom stereocenters. The minimum atomic E-state index is -0.452. The Morgan fingerprint density at radius 1 is 1.00 bits per heavy atom. The molecule has 2 atom stereocenters. The van der Waals surface area contributed by atoms with Crippen molar-refractivity contribution >= 4 is 11.8 Å². The topological polar surface area (TPSA) is 57.6 Å². The van der Waals surface area contributed by atoms with Crippen LogP contribution in [0.15, 0.2) is 73.4 Å². The molecular weight excluding hydrogens is 496 g/mol. The average molecular weight is 541 g/mol. The fourth-order valence-corrected chi connectivity index (χ4v) is 5.89. The zero-order valence-electron chi connectivity index (χ0n) is 24.7. The minimum absolute atomic E-state index is 0.00853. The summed E-state index contributed by atoms with van der Waals surface area (Å²) in [5.74, 6) is -0.476. The second-order valence-electron chi connectivity index (χ2n) is 11.1. The van der Waals surface area contributed by atoms with E-state index in [9.17, 15) is 9.59 Å². The maximum absolute atomic E-state index is 14.0. The largest absolute Gasteiger partial charge is 0.354 e. The molecule has 0 saturated carbocycles. The molecule has 2 aliphatic heterocycles. The normalized spacial score (nSPS) is 19.4. The lowest BCUT2D eigenvalue weighted by atomic mass is 9.79. The van der Waals surface area contributed by atoms with Gasteiger partial charge in [-0.25, -0.2) is 0 Å². The van der Waals surface area contributed by atoms with Crippen LogP contribution in [0.25, 0.3) is 0 Å². The van der Waals surface area contributed by atoms with Crippen LogP contribution in [-0.2, 0) is 18.4 Å². The zero-order valence-corrected chi connectivity index (χ0v) is 24.7. The molecule has 1 saturated heterocycles. The molecule has 5 rings (SSSR count). The first-order valence-corrected chi connectivity index (χ1v) is 14.4. The van der Waals surface area contributed by atoms with Crippen molar-refractivity contribution in [2.75, 3.05) is 20.1 Å². The van der Waals surface area contributed by atoms with E-state index in [0.29, 0.717) is 5.56 Å². The van der Waals surface area contributed by atoms with Gasteiger partial charge in [-0.15, -0.1) is 6.58 Å². The molecule has 3 heterocycles. The molecule has 1 N–H and O–H groups in total. The molecule has 40 heavy (non-hydrogen) atoms. The number of carbonyl (C=O) groups is 2. The number of rotatable bonds is 6. The predicted molar refractivity (Wildman–Crippen MR) is 162 cm³/mol. The lowest BCUT2D eigenvalue weighted by Gasteiger charge is -2.41. The van der Waals surface area contributed by atoms with Gasteiger partial charge in [-0.2, -0.15) is 0 Å². The van der Waals surface area contributed by atoms with Crippen LogP contribution < -0.4 is 5.32 Å². The van der Waals surface area contributed by atoms with Crippen molar-refractivity contribution < 1.29 is 9.59 Å². The highest BCUT2D eigenvalue weighted by Crippen LogP contribution is 2.43. The Hall–Kier alpha value is -3.64. The number of aromatic nitrogens is 1. The molecule has 0 spiro atoms. The summed E-state index contributed by atoms with van der Waals surface area (Å²) in [6, 6.07) is 17.9. The van der Waals surface area contributed by atoms with Gasteiger partial charge in [0.25, 0.3) is 5.91 Å². The van der Waals surface area contributed by atoms with Gasteiger partial charge >= 0.3 is 0 Å². The Balaban J connectivity index is 0.000000867. The maximum Gasteiger partial charge on any atom is 0.254 e. The molecule has 2 amide bonds. The van der Waals surface area contributed by atoms with Gasteiger partial charge < -0.3 is 14.8 Å². The van der Waals surface area contributed by atoms with E-state index >= 15 is 0 Å². The van der Waals surface area contributed by atoms with Crippen molar-refractivity contribution in [3.63, 3.8) is 0 Å². The Morgan fingerprint density at radius 2 is 1.62 bits per heavy atom. The molecular formula is C34H44N4O2. The van der Waals surface area contributed by atoms with Crippen LogP contribution in [0.1, 0.15) is 76.5 Å². The quantitative estimate of drug-likeness (QED) is 0.395. The summed E-state index contributed by atoms with van der Waals surface area (Å²) in [7, 11) is 3.84. The highest BCUT2D eigenvalue weighted by Gasteiger charge is 2.44. The van der Waals surface area contributed by atoms with Crippen molar-refractivity contribution in [1.82, 2.24) is 19.7 Å². The van der Waals surface area contributed by atoms with Crippen LogP contribution >= 0.6 is 0 Å². The third-order valence-corrected chi connectivity index (χ3v) is 8.49. The van der Waals surface area contributed by atoms with E-state index in [1.54, 1.807) is 4.90 Å². The van der Waals surface area contributed by atoms with Crippen molar-refractivity contribution in [2.24, 2.45) is 7.05 Å². The van der Waals surface area contributed by atoms with Gasteiger partial charge in [0.2, 0.25) is 5.91 Å². The molecule has 1 fully saturated rings. The zero-order chi connectivity index (χ0) is 28.8. The monoisotopic (exact) mass is 540 g/mol. The number of piperidine rings is 1. The van der Waals surface area contributed by atoms with Gasteiger partial charge in [0, 0.05) is 57.2 Å². The van der Waals surface area contributed by atoms with Gasteiger partial charge in [0.05, 0.1) is 12.0 Å². The standard InChI is InChI=1S/C30H36N4O2.C4H8/c1-20-21(2)32(3)19-26(20)28-27(24-12-8-9-13-25(24)30(36)33(28)4)29(35)31-23-14-16-34(17-15-23)18-22-10-6-5-7-11-22;1-3-4-2/h5-13,19,23,27-28H,14-18H2,1-4H3,(H,31,35);3H,1,4H2,2H3. The number of likely N-dealkylation sites (N-methyl/N-ethyl adjacent to an activating group) is 1. The number of fused-ring (bicyclic) bond motifs is 1. The van der Waals surface area contributed by atoms with E-state index in [4.69, 9.17) is 0 Å². The van der Waals surface area contributed by atoms with E-state index < -0.39 is 5.92 Å². The van der Waals surface area contributed by atoms with Crippen LogP contribution in [0.2, 0.25) is 0 Å². The number of benzene rings is 2. The predicted octanol–water partition coefficient (Wildman–Crippen LogP) is 5.92. The first-order chi connectivity index (χ1) is 19.3. The summed E-state index contributed by atoms with van der Waals surface area (Å²) >= 11 is 0. The smallest absolute Gasteiger partial charge is 0.254 e. The number of aryl methyl sites for hydroxylation is 1. The van der Waals surface area contributed by atoms with Gasteiger partial charge in [-0.3, -0.25) is 14.5 Å².